The first-order valence-electron chi connectivity index (χ1n) is 5.34. The van der Waals surface area contributed by atoms with E-state index in [-0.39, 0.29) is 5.75 Å². The van der Waals surface area contributed by atoms with Crippen LogP contribution in [0, 0.1) is 0 Å². The van der Waals surface area contributed by atoms with Crippen molar-refractivity contribution in [1.29, 1.82) is 0 Å². The summed E-state index contributed by atoms with van der Waals surface area (Å²) in [7, 11) is 1.56. The van der Waals surface area contributed by atoms with Gasteiger partial charge < -0.3 is 20.3 Å². The zero-order valence-corrected chi connectivity index (χ0v) is 10.7. The minimum absolute atomic E-state index is 0.150. The van der Waals surface area contributed by atoms with E-state index in [1.807, 2.05) is 24.3 Å². The van der Waals surface area contributed by atoms with E-state index >= 15 is 0 Å². The third kappa shape index (κ3) is 3.01. The summed E-state index contributed by atoms with van der Waals surface area (Å²) in [5.41, 5.74) is 6.97. The molecule has 4 N–H and O–H groups in total. The molecule has 0 unspecified atom stereocenters. The zero-order valence-electron chi connectivity index (χ0n) is 9.88. The van der Waals surface area contributed by atoms with E-state index in [0.717, 1.165) is 10.6 Å². The highest BCUT2D eigenvalue weighted by Gasteiger charge is 2.03. The van der Waals surface area contributed by atoms with Crippen LogP contribution >= 0.6 is 11.9 Å². The number of ether oxygens (including phenoxy) is 1. The number of methoxy groups -OCH3 is 1. The van der Waals surface area contributed by atoms with Crippen molar-refractivity contribution in [2.45, 2.75) is 4.90 Å². The van der Waals surface area contributed by atoms with Crippen LogP contribution < -0.4 is 15.2 Å². The molecule has 0 aliphatic carbocycles. The van der Waals surface area contributed by atoms with Gasteiger partial charge in [0.25, 0.3) is 0 Å². The van der Waals surface area contributed by atoms with E-state index < -0.39 is 0 Å². The maximum Gasteiger partial charge on any atom is 0.143 e. The van der Waals surface area contributed by atoms with Gasteiger partial charge in [-0.25, -0.2) is 0 Å². The van der Waals surface area contributed by atoms with Crippen LogP contribution in [0.2, 0.25) is 0 Å². The van der Waals surface area contributed by atoms with Gasteiger partial charge in [-0.15, -0.1) is 0 Å². The highest BCUT2D eigenvalue weighted by atomic mass is 32.2. The van der Waals surface area contributed by atoms with Crippen molar-refractivity contribution < 1.29 is 9.84 Å². The second-order valence-corrected chi connectivity index (χ2v) is 4.54. The van der Waals surface area contributed by atoms with Gasteiger partial charge in [-0.3, -0.25) is 0 Å². The number of nitrogen functional groups attached to an aromatic ring is 1. The normalized spacial score (nSPS) is 10.1. The molecular weight excluding hydrogens is 248 g/mol. The lowest BCUT2D eigenvalue weighted by Crippen LogP contribution is -1.89. The Morgan fingerprint density at radius 3 is 2.50 bits per heavy atom. The summed E-state index contributed by atoms with van der Waals surface area (Å²) in [6, 6.07) is 12.6. The molecule has 2 aromatic carbocycles. The molecule has 0 aliphatic heterocycles. The highest BCUT2D eigenvalue weighted by Crippen LogP contribution is 2.31. The second-order valence-electron chi connectivity index (χ2n) is 3.66. The molecule has 4 nitrogen and oxygen atoms in total. The number of anilines is 2. The van der Waals surface area contributed by atoms with Crippen molar-refractivity contribution in [3.05, 3.63) is 42.5 Å². The van der Waals surface area contributed by atoms with E-state index in [2.05, 4.69) is 4.72 Å². The molecule has 18 heavy (non-hydrogen) atoms. The predicted octanol–water partition coefficient (Wildman–Crippen LogP) is 3.10. The molecule has 0 fully saturated rings. The van der Waals surface area contributed by atoms with Gasteiger partial charge in [-0.05, 0) is 48.3 Å². The number of aromatic hydroxyl groups is 1. The largest absolute Gasteiger partial charge is 0.506 e. The minimum atomic E-state index is 0.150. The van der Waals surface area contributed by atoms with Crippen LogP contribution in [-0.2, 0) is 0 Å². The van der Waals surface area contributed by atoms with Crippen molar-refractivity contribution in [1.82, 2.24) is 0 Å². The van der Waals surface area contributed by atoms with Gasteiger partial charge in [0.2, 0.25) is 0 Å². The summed E-state index contributed by atoms with van der Waals surface area (Å²) in [6.45, 7) is 0. The van der Waals surface area contributed by atoms with Crippen LogP contribution in [0.4, 0.5) is 11.4 Å². The second kappa shape index (κ2) is 5.55. The summed E-state index contributed by atoms with van der Waals surface area (Å²) in [4.78, 5) is 1.01. The quantitative estimate of drug-likeness (QED) is 0.449. The van der Waals surface area contributed by atoms with Crippen LogP contribution in [0.5, 0.6) is 11.5 Å². The van der Waals surface area contributed by atoms with Crippen LogP contribution in [0.15, 0.2) is 47.4 Å². The molecule has 0 bridgehead atoms. The summed E-state index contributed by atoms with van der Waals surface area (Å²) < 4.78 is 8.09. The van der Waals surface area contributed by atoms with Gasteiger partial charge in [0.1, 0.15) is 11.5 Å². The summed E-state index contributed by atoms with van der Waals surface area (Å²) in [6.07, 6.45) is 0. The zero-order chi connectivity index (χ0) is 13.0. The number of benzene rings is 2. The van der Waals surface area contributed by atoms with Crippen LogP contribution in [0.3, 0.4) is 0 Å². The van der Waals surface area contributed by atoms with Crippen LogP contribution in [0.25, 0.3) is 0 Å². The Kier molecular flexibility index (Phi) is 3.84. The molecule has 0 aliphatic rings. The maximum absolute atomic E-state index is 9.77. The van der Waals surface area contributed by atoms with Gasteiger partial charge in [-0.1, -0.05) is 0 Å². The smallest absolute Gasteiger partial charge is 0.143 e. The lowest BCUT2D eigenvalue weighted by molar-refractivity contribution is 0.408. The van der Waals surface area contributed by atoms with Crippen LogP contribution in [-0.4, -0.2) is 12.2 Å². The lowest BCUT2D eigenvalue weighted by atomic mass is 10.3. The summed E-state index contributed by atoms with van der Waals surface area (Å²) >= 11 is 1.40. The molecule has 0 aromatic heterocycles. The first-order valence-corrected chi connectivity index (χ1v) is 6.16. The SMILES string of the molecule is COc1ccc(NSc2ccc(N)cc2)c(O)c1. The monoisotopic (exact) mass is 262 g/mol. The Balaban J connectivity index is 2.04. The molecule has 0 atom stereocenters. The molecule has 2 rings (SSSR count). The van der Waals surface area contributed by atoms with E-state index in [1.165, 1.54) is 11.9 Å². The maximum atomic E-state index is 9.77. The van der Waals surface area contributed by atoms with E-state index in [0.29, 0.717) is 11.4 Å². The number of nitrogens with two attached hydrogens (primary N) is 1. The fraction of sp³-hybridized carbons (Fsp3) is 0.0769. The van der Waals surface area contributed by atoms with Crippen LogP contribution in [0.1, 0.15) is 0 Å². The third-order valence-corrected chi connectivity index (χ3v) is 3.19. The first kappa shape index (κ1) is 12.4. The number of rotatable bonds is 4. The van der Waals surface area contributed by atoms with E-state index in [1.54, 1.807) is 25.3 Å². The molecule has 0 spiro atoms. The van der Waals surface area contributed by atoms with Gasteiger partial charge in [0, 0.05) is 16.6 Å². The molecule has 2 aromatic rings. The van der Waals surface area contributed by atoms with E-state index in [4.69, 9.17) is 10.5 Å². The Morgan fingerprint density at radius 1 is 1.17 bits per heavy atom. The fourth-order valence-corrected chi connectivity index (χ4v) is 2.05. The van der Waals surface area contributed by atoms with Crippen molar-refractivity contribution in [3.8, 4) is 11.5 Å². The molecule has 5 heteroatoms. The first-order chi connectivity index (χ1) is 8.69. The third-order valence-electron chi connectivity index (χ3n) is 2.36. The minimum Gasteiger partial charge on any atom is -0.506 e. The van der Waals surface area contributed by atoms with Gasteiger partial charge in [0.15, 0.2) is 0 Å². The number of phenols is 1. The highest BCUT2D eigenvalue weighted by molar-refractivity contribution is 8.00. The summed E-state index contributed by atoms with van der Waals surface area (Å²) in [5, 5.41) is 9.77. The average Bonchev–Trinajstić information content (AvgIpc) is 2.39. The average molecular weight is 262 g/mol. The Labute approximate surface area is 110 Å². The van der Waals surface area contributed by atoms with Crippen molar-refractivity contribution >= 4 is 23.3 Å². The van der Waals surface area contributed by atoms with Gasteiger partial charge in [-0.2, -0.15) is 0 Å². The predicted molar refractivity (Wildman–Crippen MR) is 75.0 cm³/mol. The molecule has 0 saturated heterocycles. The molecule has 0 heterocycles. The molecule has 0 saturated carbocycles. The Morgan fingerprint density at radius 2 is 1.89 bits per heavy atom. The number of hydrogen-bond donors (Lipinski definition) is 3. The molecule has 0 radical (unpaired) electrons. The molecular formula is C13H14N2O2S. The number of hydrogen-bond acceptors (Lipinski definition) is 5. The van der Waals surface area contributed by atoms with Gasteiger partial charge in [0.05, 0.1) is 12.8 Å². The van der Waals surface area contributed by atoms with E-state index in [9.17, 15) is 5.11 Å². The Bertz CT molecular complexity index is 529. The summed E-state index contributed by atoms with van der Waals surface area (Å²) in [5.74, 6) is 0.771. The van der Waals surface area contributed by atoms with Crippen molar-refractivity contribution in [2.24, 2.45) is 0 Å². The van der Waals surface area contributed by atoms with Gasteiger partial charge >= 0.3 is 0 Å². The number of nitrogens with one attached hydrogen (secondary N) is 1. The number of phenolic OH excluding ortho intramolecular Hbond substituents is 1. The van der Waals surface area contributed by atoms with Crippen molar-refractivity contribution in [3.63, 3.8) is 0 Å². The van der Waals surface area contributed by atoms with Crippen molar-refractivity contribution in [2.75, 3.05) is 17.6 Å². The fourth-order valence-electron chi connectivity index (χ4n) is 1.37. The molecule has 0 amide bonds. The standard InChI is InChI=1S/C13H14N2O2S/c1-17-10-4-7-12(13(16)8-10)15-18-11-5-2-9(14)3-6-11/h2-8,15-16H,14H2,1H3. The molecule has 94 valence electrons. The Hall–Kier alpha value is -2.01. The topological polar surface area (TPSA) is 67.5 Å². The lowest BCUT2D eigenvalue weighted by Gasteiger charge is -2.09.